The first-order valence-electron chi connectivity index (χ1n) is 5.89. The number of furan rings is 1. The van der Waals surface area contributed by atoms with Gasteiger partial charge in [-0.3, -0.25) is 4.79 Å². The monoisotopic (exact) mass is 259 g/mol. The topological polar surface area (TPSA) is 42.2 Å². The summed E-state index contributed by atoms with van der Waals surface area (Å²) in [5, 5.41) is 2.67. The van der Waals surface area contributed by atoms with Gasteiger partial charge in [-0.1, -0.05) is 12.1 Å². The summed E-state index contributed by atoms with van der Waals surface area (Å²) < 4.78 is 18.4. The van der Waals surface area contributed by atoms with E-state index in [-0.39, 0.29) is 11.7 Å². The van der Waals surface area contributed by atoms with Crippen LogP contribution < -0.4 is 5.32 Å². The van der Waals surface area contributed by atoms with Crippen molar-refractivity contribution in [3.63, 3.8) is 0 Å². The Kier molecular flexibility index (Phi) is 4.13. The van der Waals surface area contributed by atoms with Gasteiger partial charge in [0.25, 0.3) is 0 Å². The van der Waals surface area contributed by atoms with Gasteiger partial charge in [-0.05, 0) is 42.3 Å². The maximum Gasteiger partial charge on any atom is 0.244 e. The van der Waals surface area contributed by atoms with E-state index in [1.54, 1.807) is 37.3 Å². The second-order valence-electron chi connectivity index (χ2n) is 4.15. The molecular weight excluding hydrogens is 245 g/mol. The van der Waals surface area contributed by atoms with Gasteiger partial charge in [-0.25, -0.2) is 4.39 Å². The number of hydrogen-bond acceptors (Lipinski definition) is 2. The summed E-state index contributed by atoms with van der Waals surface area (Å²) >= 11 is 0. The number of hydrogen-bond donors (Lipinski definition) is 1. The third-order valence-corrected chi connectivity index (χ3v) is 2.65. The maximum atomic E-state index is 13.3. The predicted molar refractivity (Wildman–Crippen MR) is 70.7 cm³/mol. The average molecular weight is 259 g/mol. The summed E-state index contributed by atoms with van der Waals surface area (Å²) in [6.45, 7) is 1.99. The molecule has 0 aliphatic carbocycles. The summed E-state index contributed by atoms with van der Waals surface area (Å²) in [6, 6.07) is 8.39. The Morgan fingerprint density at radius 3 is 2.95 bits per heavy atom. The SMILES string of the molecule is Cc1ccc(CNC(=O)C=Cc2ccco2)cc1F. The second-order valence-corrected chi connectivity index (χ2v) is 4.15. The van der Waals surface area contributed by atoms with Crippen LogP contribution in [0, 0.1) is 12.7 Å². The maximum absolute atomic E-state index is 13.3. The number of amides is 1. The molecule has 98 valence electrons. The Bertz CT molecular complexity index is 588. The smallest absolute Gasteiger partial charge is 0.244 e. The van der Waals surface area contributed by atoms with E-state index in [4.69, 9.17) is 4.42 Å². The molecule has 0 aliphatic heterocycles. The number of carbonyl (C=O) groups is 1. The number of rotatable bonds is 4. The molecule has 0 spiro atoms. The fraction of sp³-hybridized carbons (Fsp3) is 0.133. The van der Waals surface area contributed by atoms with Crippen molar-refractivity contribution in [2.75, 3.05) is 0 Å². The van der Waals surface area contributed by atoms with Crippen molar-refractivity contribution < 1.29 is 13.6 Å². The zero-order valence-electron chi connectivity index (χ0n) is 10.5. The zero-order chi connectivity index (χ0) is 13.7. The standard InChI is InChI=1S/C15H14FNO2/c1-11-4-5-12(9-14(11)16)10-17-15(18)7-6-13-3-2-8-19-13/h2-9H,10H2,1H3,(H,17,18). The van der Waals surface area contributed by atoms with Crippen LogP contribution in [0.5, 0.6) is 0 Å². The van der Waals surface area contributed by atoms with Gasteiger partial charge in [-0.15, -0.1) is 0 Å². The molecule has 0 atom stereocenters. The van der Waals surface area contributed by atoms with Gasteiger partial charge in [0.2, 0.25) is 5.91 Å². The van der Waals surface area contributed by atoms with E-state index < -0.39 is 0 Å². The summed E-state index contributed by atoms with van der Waals surface area (Å²) in [5.74, 6) is 0.0896. The molecular formula is C15H14FNO2. The molecule has 4 heteroatoms. The molecule has 0 saturated carbocycles. The fourth-order valence-electron chi connectivity index (χ4n) is 1.54. The number of halogens is 1. The highest BCUT2D eigenvalue weighted by Crippen LogP contribution is 2.09. The van der Waals surface area contributed by atoms with Gasteiger partial charge in [0.1, 0.15) is 11.6 Å². The van der Waals surface area contributed by atoms with Crippen LogP contribution in [-0.4, -0.2) is 5.91 Å². The summed E-state index contributed by atoms with van der Waals surface area (Å²) in [6.07, 6.45) is 4.49. The zero-order valence-corrected chi connectivity index (χ0v) is 10.5. The van der Waals surface area contributed by atoms with Gasteiger partial charge in [-0.2, -0.15) is 0 Å². The highest BCUT2D eigenvalue weighted by Gasteiger charge is 2.01. The van der Waals surface area contributed by atoms with E-state index in [2.05, 4.69) is 5.32 Å². The van der Waals surface area contributed by atoms with Crippen molar-refractivity contribution in [3.8, 4) is 0 Å². The largest absolute Gasteiger partial charge is 0.465 e. The first-order chi connectivity index (χ1) is 9.15. The lowest BCUT2D eigenvalue weighted by Gasteiger charge is -2.04. The van der Waals surface area contributed by atoms with Crippen molar-refractivity contribution in [2.45, 2.75) is 13.5 Å². The van der Waals surface area contributed by atoms with E-state index in [9.17, 15) is 9.18 Å². The van der Waals surface area contributed by atoms with Gasteiger partial charge in [0.15, 0.2) is 0 Å². The average Bonchev–Trinajstić information content (AvgIpc) is 2.91. The molecule has 1 aromatic carbocycles. The normalized spacial score (nSPS) is 10.8. The molecule has 0 fully saturated rings. The lowest BCUT2D eigenvalue weighted by atomic mass is 10.1. The molecule has 0 unspecified atom stereocenters. The number of carbonyl (C=O) groups excluding carboxylic acids is 1. The highest BCUT2D eigenvalue weighted by atomic mass is 19.1. The minimum Gasteiger partial charge on any atom is -0.465 e. The Hall–Kier alpha value is -2.36. The van der Waals surface area contributed by atoms with E-state index in [0.717, 1.165) is 5.56 Å². The van der Waals surface area contributed by atoms with Crippen molar-refractivity contribution in [1.82, 2.24) is 5.32 Å². The van der Waals surface area contributed by atoms with Crippen LogP contribution in [0.2, 0.25) is 0 Å². The minimum absolute atomic E-state index is 0.252. The first-order valence-corrected chi connectivity index (χ1v) is 5.89. The van der Waals surface area contributed by atoms with E-state index >= 15 is 0 Å². The van der Waals surface area contributed by atoms with Crippen LogP contribution in [0.4, 0.5) is 4.39 Å². The second kappa shape index (κ2) is 6.00. The summed E-state index contributed by atoms with van der Waals surface area (Å²) in [7, 11) is 0. The molecule has 0 radical (unpaired) electrons. The third kappa shape index (κ3) is 3.81. The molecule has 1 N–H and O–H groups in total. The molecule has 0 aliphatic rings. The number of benzene rings is 1. The molecule has 2 rings (SSSR count). The van der Waals surface area contributed by atoms with E-state index in [1.165, 1.54) is 18.4 Å². The van der Waals surface area contributed by atoms with E-state index in [1.807, 2.05) is 0 Å². The van der Waals surface area contributed by atoms with Crippen LogP contribution in [0.25, 0.3) is 6.08 Å². The van der Waals surface area contributed by atoms with Gasteiger partial charge < -0.3 is 9.73 Å². The Balaban J connectivity index is 1.88. The van der Waals surface area contributed by atoms with Gasteiger partial charge >= 0.3 is 0 Å². The predicted octanol–water partition coefficient (Wildman–Crippen LogP) is 3.06. The Morgan fingerprint density at radius 1 is 1.42 bits per heavy atom. The van der Waals surface area contributed by atoms with Crippen LogP contribution in [0.3, 0.4) is 0 Å². The Morgan fingerprint density at radius 2 is 2.26 bits per heavy atom. The molecule has 1 amide bonds. The van der Waals surface area contributed by atoms with E-state index in [0.29, 0.717) is 17.9 Å². The van der Waals surface area contributed by atoms with Crippen molar-refractivity contribution in [1.29, 1.82) is 0 Å². The lowest BCUT2D eigenvalue weighted by Crippen LogP contribution is -2.20. The fourth-order valence-corrected chi connectivity index (χ4v) is 1.54. The van der Waals surface area contributed by atoms with Gasteiger partial charge in [0.05, 0.1) is 6.26 Å². The molecule has 1 heterocycles. The van der Waals surface area contributed by atoms with Crippen LogP contribution in [0.15, 0.2) is 47.1 Å². The highest BCUT2D eigenvalue weighted by molar-refractivity contribution is 5.91. The minimum atomic E-state index is -0.266. The Labute approximate surface area is 110 Å². The molecule has 19 heavy (non-hydrogen) atoms. The van der Waals surface area contributed by atoms with Crippen LogP contribution >= 0.6 is 0 Å². The molecule has 1 aromatic heterocycles. The van der Waals surface area contributed by atoms with Crippen LogP contribution in [-0.2, 0) is 11.3 Å². The van der Waals surface area contributed by atoms with Gasteiger partial charge in [0, 0.05) is 12.6 Å². The van der Waals surface area contributed by atoms with Crippen molar-refractivity contribution in [2.24, 2.45) is 0 Å². The third-order valence-electron chi connectivity index (χ3n) is 2.65. The molecule has 3 nitrogen and oxygen atoms in total. The summed E-state index contributed by atoms with van der Waals surface area (Å²) in [4.78, 5) is 11.5. The van der Waals surface area contributed by atoms with Crippen molar-refractivity contribution in [3.05, 3.63) is 65.4 Å². The van der Waals surface area contributed by atoms with Crippen LogP contribution in [0.1, 0.15) is 16.9 Å². The molecule has 2 aromatic rings. The number of nitrogens with one attached hydrogen (secondary N) is 1. The first kappa shape index (κ1) is 13.1. The molecule has 0 bridgehead atoms. The molecule has 0 saturated heterocycles. The summed E-state index contributed by atoms with van der Waals surface area (Å²) in [5.41, 5.74) is 1.32. The van der Waals surface area contributed by atoms with Crippen molar-refractivity contribution >= 4 is 12.0 Å². The number of aryl methyl sites for hydroxylation is 1. The quantitative estimate of drug-likeness (QED) is 0.857. The lowest BCUT2D eigenvalue weighted by molar-refractivity contribution is -0.116.